The first-order valence-corrected chi connectivity index (χ1v) is 8.64. The van der Waals surface area contributed by atoms with Crippen LogP contribution in [0.1, 0.15) is 22.3 Å². The maximum Gasteiger partial charge on any atom is 0.175 e. The second kappa shape index (κ2) is 7.49. The Morgan fingerprint density at radius 1 is 1.04 bits per heavy atom. The highest BCUT2D eigenvalue weighted by atomic mass is 32.1. The van der Waals surface area contributed by atoms with E-state index in [9.17, 15) is 0 Å². The van der Waals surface area contributed by atoms with Gasteiger partial charge in [0, 0.05) is 11.9 Å². The van der Waals surface area contributed by atoms with Crippen molar-refractivity contribution in [2.75, 3.05) is 10.6 Å². The predicted molar refractivity (Wildman–Crippen MR) is 108 cm³/mol. The van der Waals surface area contributed by atoms with Gasteiger partial charge in [-0.1, -0.05) is 42.0 Å². The Labute approximate surface area is 153 Å². The van der Waals surface area contributed by atoms with Crippen LogP contribution < -0.4 is 10.6 Å². The van der Waals surface area contributed by atoms with Crippen LogP contribution in [-0.4, -0.2) is 14.9 Å². The maximum absolute atomic E-state index is 5.41. The Morgan fingerprint density at radius 3 is 2.56 bits per heavy atom. The number of nitrogens with zero attached hydrogens (tertiary/aromatic N) is 2. The quantitative estimate of drug-likeness (QED) is 0.671. The normalized spacial score (nSPS) is 10.5. The van der Waals surface area contributed by atoms with Crippen LogP contribution in [0.3, 0.4) is 0 Å². The Balaban J connectivity index is 1.61. The van der Waals surface area contributed by atoms with Gasteiger partial charge in [-0.25, -0.2) is 0 Å². The van der Waals surface area contributed by atoms with Crippen LogP contribution in [0.4, 0.5) is 11.4 Å². The molecule has 1 heterocycles. The lowest BCUT2D eigenvalue weighted by molar-refractivity contribution is 0.687. The molecular formula is C20H22N4S. The van der Waals surface area contributed by atoms with Gasteiger partial charge in [0.2, 0.25) is 0 Å². The van der Waals surface area contributed by atoms with Crippen molar-refractivity contribution in [3.05, 3.63) is 77.1 Å². The van der Waals surface area contributed by atoms with Crippen molar-refractivity contribution >= 4 is 28.7 Å². The first-order chi connectivity index (χ1) is 12.0. The van der Waals surface area contributed by atoms with Crippen molar-refractivity contribution in [2.45, 2.75) is 27.3 Å². The molecule has 0 aliphatic rings. The average molecular weight is 350 g/mol. The molecule has 2 N–H and O–H groups in total. The van der Waals surface area contributed by atoms with Gasteiger partial charge < -0.3 is 10.6 Å². The smallest absolute Gasteiger partial charge is 0.175 e. The van der Waals surface area contributed by atoms with E-state index in [2.05, 4.69) is 66.8 Å². The highest BCUT2D eigenvalue weighted by Crippen LogP contribution is 2.18. The van der Waals surface area contributed by atoms with E-state index in [0.29, 0.717) is 5.11 Å². The fourth-order valence-corrected chi connectivity index (χ4v) is 2.79. The standard InChI is InChI=1S/C20H22N4S/c1-14-7-9-17(10-8-14)12-24-13-18(11-21-24)22-20(25)23-19-6-4-5-15(2)16(19)3/h4-11,13H,12H2,1-3H3,(H2,22,23,25). The predicted octanol–water partition coefficient (Wildman–Crippen LogP) is 4.67. The summed E-state index contributed by atoms with van der Waals surface area (Å²) in [6.45, 7) is 6.99. The number of anilines is 2. The minimum Gasteiger partial charge on any atom is -0.332 e. The Morgan fingerprint density at radius 2 is 1.80 bits per heavy atom. The van der Waals surface area contributed by atoms with E-state index in [1.54, 1.807) is 6.20 Å². The summed E-state index contributed by atoms with van der Waals surface area (Å²) < 4.78 is 1.90. The van der Waals surface area contributed by atoms with Crippen molar-refractivity contribution in [3.63, 3.8) is 0 Å². The summed E-state index contributed by atoms with van der Waals surface area (Å²) in [6.07, 6.45) is 3.74. The molecule has 1 aromatic heterocycles. The lowest BCUT2D eigenvalue weighted by Crippen LogP contribution is -2.19. The molecule has 5 heteroatoms. The van der Waals surface area contributed by atoms with Gasteiger partial charge in [0.1, 0.15) is 0 Å². The molecule has 0 amide bonds. The fourth-order valence-electron chi connectivity index (χ4n) is 2.57. The summed E-state index contributed by atoms with van der Waals surface area (Å²) in [5.74, 6) is 0. The topological polar surface area (TPSA) is 41.9 Å². The SMILES string of the molecule is Cc1ccc(Cn2cc(NC(=S)Nc3cccc(C)c3C)cn2)cc1. The number of thiocarbonyl (C=S) groups is 1. The van der Waals surface area contributed by atoms with E-state index in [1.165, 1.54) is 22.3 Å². The number of rotatable bonds is 4. The zero-order valence-electron chi connectivity index (χ0n) is 14.7. The minimum atomic E-state index is 0.559. The molecule has 0 aliphatic carbocycles. The first kappa shape index (κ1) is 17.2. The number of benzene rings is 2. The van der Waals surface area contributed by atoms with Crippen molar-refractivity contribution in [1.82, 2.24) is 9.78 Å². The maximum atomic E-state index is 5.41. The summed E-state index contributed by atoms with van der Waals surface area (Å²) in [7, 11) is 0. The molecule has 0 radical (unpaired) electrons. The van der Waals surface area contributed by atoms with E-state index < -0.39 is 0 Å². The summed E-state index contributed by atoms with van der Waals surface area (Å²) in [6, 6.07) is 14.6. The molecule has 3 rings (SSSR count). The van der Waals surface area contributed by atoms with Gasteiger partial charge in [-0.3, -0.25) is 4.68 Å². The van der Waals surface area contributed by atoms with Crippen molar-refractivity contribution in [3.8, 4) is 0 Å². The fraction of sp³-hybridized carbons (Fsp3) is 0.200. The van der Waals surface area contributed by atoms with Gasteiger partial charge in [0.15, 0.2) is 5.11 Å². The molecule has 0 unspecified atom stereocenters. The van der Waals surface area contributed by atoms with Crippen LogP contribution in [-0.2, 0) is 6.54 Å². The number of aromatic nitrogens is 2. The third-order valence-electron chi connectivity index (χ3n) is 4.21. The molecule has 0 atom stereocenters. The summed E-state index contributed by atoms with van der Waals surface area (Å²) in [5, 5.41) is 11.4. The van der Waals surface area contributed by atoms with E-state index in [-0.39, 0.29) is 0 Å². The third-order valence-corrected chi connectivity index (χ3v) is 4.41. The van der Waals surface area contributed by atoms with Crippen molar-refractivity contribution in [2.24, 2.45) is 0 Å². The Bertz CT molecular complexity index is 881. The lowest BCUT2D eigenvalue weighted by Gasteiger charge is -2.12. The van der Waals surface area contributed by atoms with E-state index >= 15 is 0 Å². The number of hydrogen-bond donors (Lipinski definition) is 2. The summed E-state index contributed by atoms with van der Waals surface area (Å²) >= 11 is 5.41. The van der Waals surface area contributed by atoms with Crippen LogP contribution >= 0.6 is 12.2 Å². The minimum absolute atomic E-state index is 0.559. The number of nitrogens with one attached hydrogen (secondary N) is 2. The molecule has 3 aromatic rings. The molecule has 25 heavy (non-hydrogen) atoms. The monoisotopic (exact) mass is 350 g/mol. The molecule has 0 saturated carbocycles. The molecular weight excluding hydrogens is 328 g/mol. The van der Waals surface area contributed by atoms with E-state index in [4.69, 9.17) is 12.2 Å². The molecule has 4 nitrogen and oxygen atoms in total. The zero-order chi connectivity index (χ0) is 17.8. The van der Waals surface area contributed by atoms with Gasteiger partial charge in [0.25, 0.3) is 0 Å². The second-order valence-electron chi connectivity index (χ2n) is 6.24. The zero-order valence-corrected chi connectivity index (χ0v) is 15.5. The molecule has 0 fully saturated rings. The second-order valence-corrected chi connectivity index (χ2v) is 6.65. The molecule has 2 aromatic carbocycles. The first-order valence-electron chi connectivity index (χ1n) is 8.23. The average Bonchev–Trinajstić information content (AvgIpc) is 3.01. The highest BCUT2D eigenvalue weighted by molar-refractivity contribution is 7.80. The molecule has 0 spiro atoms. The highest BCUT2D eigenvalue weighted by Gasteiger charge is 2.05. The third kappa shape index (κ3) is 4.45. The Kier molecular flexibility index (Phi) is 5.14. The van der Waals surface area contributed by atoms with Crippen molar-refractivity contribution < 1.29 is 0 Å². The molecule has 0 aliphatic heterocycles. The van der Waals surface area contributed by atoms with Crippen LogP contribution in [0.2, 0.25) is 0 Å². The van der Waals surface area contributed by atoms with Crippen LogP contribution in [0.5, 0.6) is 0 Å². The van der Waals surface area contributed by atoms with Crippen LogP contribution in [0, 0.1) is 20.8 Å². The molecule has 0 bridgehead atoms. The molecule has 128 valence electrons. The van der Waals surface area contributed by atoms with Crippen molar-refractivity contribution in [1.29, 1.82) is 0 Å². The van der Waals surface area contributed by atoms with Gasteiger partial charge in [0.05, 0.1) is 18.4 Å². The van der Waals surface area contributed by atoms with Gasteiger partial charge in [-0.2, -0.15) is 5.10 Å². The largest absolute Gasteiger partial charge is 0.332 e. The number of aryl methyl sites for hydroxylation is 2. The molecule has 0 saturated heterocycles. The van der Waals surface area contributed by atoms with Crippen LogP contribution in [0.15, 0.2) is 54.9 Å². The van der Waals surface area contributed by atoms with E-state index in [1.807, 2.05) is 23.0 Å². The van der Waals surface area contributed by atoms with E-state index in [0.717, 1.165) is 17.9 Å². The Hall–Kier alpha value is -2.66. The lowest BCUT2D eigenvalue weighted by atomic mass is 10.1. The summed E-state index contributed by atoms with van der Waals surface area (Å²) in [5.41, 5.74) is 6.80. The van der Waals surface area contributed by atoms with Gasteiger partial charge >= 0.3 is 0 Å². The number of hydrogen-bond acceptors (Lipinski definition) is 2. The van der Waals surface area contributed by atoms with Crippen LogP contribution in [0.25, 0.3) is 0 Å². The van der Waals surface area contributed by atoms with Gasteiger partial charge in [-0.05, 0) is 55.7 Å². The summed E-state index contributed by atoms with van der Waals surface area (Å²) in [4.78, 5) is 0. The van der Waals surface area contributed by atoms with Gasteiger partial charge in [-0.15, -0.1) is 0 Å².